The third kappa shape index (κ3) is 2.32. The van der Waals surface area contributed by atoms with E-state index in [2.05, 4.69) is 15.3 Å². The van der Waals surface area contributed by atoms with E-state index in [0.717, 1.165) is 18.4 Å². The molecule has 1 aliphatic carbocycles. The van der Waals surface area contributed by atoms with Crippen LogP contribution in [-0.2, 0) is 10.2 Å². The molecule has 1 heterocycles. The van der Waals surface area contributed by atoms with Crippen molar-refractivity contribution in [1.82, 2.24) is 9.97 Å². The van der Waals surface area contributed by atoms with Crippen molar-refractivity contribution in [3.63, 3.8) is 0 Å². The fraction of sp³-hybridized carbons (Fsp3) is 0.176. The number of halogens is 1. The van der Waals surface area contributed by atoms with Crippen LogP contribution in [0.1, 0.15) is 18.4 Å². The zero-order valence-corrected chi connectivity index (χ0v) is 12.2. The van der Waals surface area contributed by atoms with Gasteiger partial charge in [-0.2, -0.15) is 0 Å². The summed E-state index contributed by atoms with van der Waals surface area (Å²) in [7, 11) is 0. The summed E-state index contributed by atoms with van der Waals surface area (Å²) in [5.41, 5.74) is 1.91. The fourth-order valence-corrected chi connectivity index (χ4v) is 2.90. The molecule has 0 bridgehead atoms. The normalized spacial score (nSPS) is 15.5. The molecule has 3 aromatic rings. The molecule has 1 fully saturated rings. The highest BCUT2D eigenvalue weighted by atomic mass is 19.1. The first kappa shape index (κ1) is 13.8. The second-order valence-corrected chi connectivity index (χ2v) is 5.88. The highest BCUT2D eigenvalue weighted by molar-refractivity contribution is 6.02. The molecular formula is C17H14FN3O2. The summed E-state index contributed by atoms with van der Waals surface area (Å²) in [6.45, 7) is 0. The molecule has 1 aromatic heterocycles. The average Bonchev–Trinajstić information content (AvgIpc) is 3.25. The summed E-state index contributed by atoms with van der Waals surface area (Å²) in [5, 5.41) is 2.89. The molecule has 5 nitrogen and oxygen atoms in total. The molecule has 0 radical (unpaired) electrons. The van der Waals surface area contributed by atoms with Crippen LogP contribution in [0, 0.1) is 5.82 Å². The summed E-state index contributed by atoms with van der Waals surface area (Å²) in [5.74, 6) is -0.423. The van der Waals surface area contributed by atoms with Crippen molar-refractivity contribution < 1.29 is 9.18 Å². The van der Waals surface area contributed by atoms with Crippen LogP contribution < -0.4 is 11.0 Å². The highest BCUT2D eigenvalue weighted by Gasteiger charge is 2.51. The second-order valence-electron chi connectivity index (χ2n) is 5.88. The quantitative estimate of drug-likeness (QED) is 0.695. The van der Waals surface area contributed by atoms with Gasteiger partial charge in [0.1, 0.15) is 5.82 Å². The highest BCUT2D eigenvalue weighted by Crippen LogP contribution is 2.49. The molecule has 0 saturated heterocycles. The Morgan fingerprint density at radius 3 is 2.43 bits per heavy atom. The number of nitrogens with one attached hydrogen (secondary N) is 3. The van der Waals surface area contributed by atoms with Crippen molar-refractivity contribution in [3.8, 4) is 0 Å². The molecule has 0 atom stereocenters. The number of aromatic amines is 2. The standard InChI is InChI=1S/C17H14FN3O2/c18-11-3-1-10(2-4-11)17(7-8-17)15(22)19-12-5-6-13-14(9-12)21-16(23)20-13/h1-6,9H,7-8H2,(H,19,22)(H2,20,21,23). The SMILES string of the molecule is O=C(Nc1ccc2[nH]c(=O)[nH]c2c1)C1(c2ccc(F)cc2)CC1. The Kier molecular flexibility index (Phi) is 2.87. The zero-order valence-electron chi connectivity index (χ0n) is 12.2. The Morgan fingerprint density at radius 1 is 1.04 bits per heavy atom. The molecule has 0 spiro atoms. The molecule has 4 rings (SSSR count). The van der Waals surface area contributed by atoms with Crippen molar-refractivity contribution in [2.75, 3.05) is 5.32 Å². The van der Waals surface area contributed by atoms with Crippen LogP contribution in [0.25, 0.3) is 11.0 Å². The number of imidazole rings is 1. The number of rotatable bonds is 3. The van der Waals surface area contributed by atoms with Gasteiger partial charge in [-0.3, -0.25) is 4.79 Å². The van der Waals surface area contributed by atoms with Gasteiger partial charge in [0.25, 0.3) is 0 Å². The lowest BCUT2D eigenvalue weighted by Gasteiger charge is -2.16. The van der Waals surface area contributed by atoms with Crippen molar-refractivity contribution in [1.29, 1.82) is 0 Å². The summed E-state index contributed by atoms with van der Waals surface area (Å²) in [6.07, 6.45) is 1.49. The van der Waals surface area contributed by atoms with Gasteiger partial charge in [-0.25, -0.2) is 9.18 Å². The number of carbonyl (C=O) groups excluding carboxylic acids is 1. The molecule has 116 valence electrons. The number of H-pyrrole nitrogens is 2. The van der Waals surface area contributed by atoms with E-state index in [4.69, 9.17) is 0 Å². The lowest BCUT2D eigenvalue weighted by atomic mass is 9.95. The summed E-state index contributed by atoms with van der Waals surface area (Å²) < 4.78 is 13.1. The predicted octanol–water partition coefficient (Wildman–Crippen LogP) is 2.67. The Balaban J connectivity index is 1.61. The van der Waals surface area contributed by atoms with Gasteiger partial charge in [0.05, 0.1) is 16.4 Å². The zero-order chi connectivity index (χ0) is 16.0. The number of carbonyl (C=O) groups is 1. The molecule has 1 aliphatic rings. The summed E-state index contributed by atoms with van der Waals surface area (Å²) >= 11 is 0. The van der Waals surface area contributed by atoms with E-state index >= 15 is 0 Å². The van der Waals surface area contributed by atoms with E-state index in [1.807, 2.05) is 0 Å². The molecule has 0 aliphatic heterocycles. The molecule has 2 aromatic carbocycles. The third-order valence-electron chi connectivity index (χ3n) is 4.36. The van der Waals surface area contributed by atoms with E-state index in [1.165, 1.54) is 12.1 Å². The average molecular weight is 311 g/mol. The maximum absolute atomic E-state index is 13.1. The second kappa shape index (κ2) is 4.81. The van der Waals surface area contributed by atoms with Crippen LogP contribution in [0.5, 0.6) is 0 Å². The number of aromatic nitrogens is 2. The molecule has 1 saturated carbocycles. The van der Waals surface area contributed by atoms with Gasteiger partial charge in [0.15, 0.2) is 0 Å². The largest absolute Gasteiger partial charge is 0.325 e. The van der Waals surface area contributed by atoms with E-state index in [-0.39, 0.29) is 17.4 Å². The maximum atomic E-state index is 13.1. The lowest BCUT2D eigenvalue weighted by molar-refractivity contribution is -0.118. The van der Waals surface area contributed by atoms with E-state index in [1.54, 1.807) is 30.3 Å². The van der Waals surface area contributed by atoms with Gasteiger partial charge in [0.2, 0.25) is 5.91 Å². The van der Waals surface area contributed by atoms with Crippen molar-refractivity contribution in [2.45, 2.75) is 18.3 Å². The Bertz CT molecular complexity index is 952. The minimum atomic E-state index is -0.575. The molecule has 23 heavy (non-hydrogen) atoms. The Hall–Kier alpha value is -2.89. The first-order chi connectivity index (χ1) is 11.1. The van der Waals surface area contributed by atoms with Crippen molar-refractivity contribution >= 4 is 22.6 Å². The number of fused-ring (bicyclic) bond motifs is 1. The molecule has 6 heteroatoms. The lowest BCUT2D eigenvalue weighted by Crippen LogP contribution is -2.27. The van der Waals surface area contributed by atoms with E-state index < -0.39 is 5.41 Å². The smallest absolute Gasteiger partial charge is 0.323 e. The minimum Gasteiger partial charge on any atom is -0.325 e. The number of hydrogen-bond acceptors (Lipinski definition) is 2. The third-order valence-corrected chi connectivity index (χ3v) is 4.36. The van der Waals surface area contributed by atoms with Crippen molar-refractivity contribution in [3.05, 3.63) is 64.3 Å². The van der Waals surface area contributed by atoms with Gasteiger partial charge in [-0.05, 0) is 48.7 Å². The fourth-order valence-electron chi connectivity index (χ4n) is 2.90. The van der Waals surface area contributed by atoms with Crippen LogP contribution in [0.15, 0.2) is 47.3 Å². The van der Waals surface area contributed by atoms with E-state index in [0.29, 0.717) is 16.7 Å². The summed E-state index contributed by atoms with van der Waals surface area (Å²) in [4.78, 5) is 29.2. The molecular weight excluding hydrogens is 297 g/mol. The Morgan fingerprint density at radius 2 is 1.74 bits per heavy atom. The van der Waals surface area contributed by atoms with E-state index in [9.17, 15) is 14.0 Å². The van der Waals surface area contributed by atoms with Crippen molar-refractivity contribution in [2.24, 2.45) is 0 Å². The topological polar surface area (TPSA) is 77.8 Å². The van der Waals surface area contributed by atoms with Crippen LogP contribution in [0.4, 0.5) is 10.1 Å². The molecule has 0 unspecified atom stereocenters. The number of anilines is 1. The van der Waals surface area contributed by atoms with Gasteiger partial charge in [0, 0.05) is 5.69 Å². The predicted molar refractivity (Wildman–Crippen MR) is 84.9 cm³/mol. The number of hydrogen-bond donors (Lipinski definition) is 3. The van der Waals surface area contributed by atoms with Gasteiger partial charge in [-0.1, -0.05) is 12.1 Å². The van der Waals surface area contributed by atoms with Crippen LogP contribution in [0.3, 0.4) is 0 Å². The van der Waals surface area contributed by atoms with Crippen LogP contribution >= 0.6 is 0 Å². The van der Waals surface area contributed by atoms with Crippen LogP contribution in [0.2, 0.25) is 0 Å². The minimum absolute atomic E-state index is 0.110. The Labute approximate surface area is 130 Å². The van der Waals surface area contributed by atoms with Crippen LogP contribution in [-0.4, -0.2) is 15.9 Å². The molecule has 1 amide bonds. The number of amides is 1. The van der Waals surface area contributed by atoms with Gasteiger partial charge >= 0.3 is 5.69 Å². The summed E-state index contributed by atoms with van der Waals surface area (Å²) in [6, 6.07) is 11.3. The van der Waals surface area contributed by atoms with Gasteiger partial charge in [-0.15, -0.1) is 0 Å². The molecule has 3 N–H and O–H groups in total. The first-order valence-corrected chi connectivity index (χ1v) is 7.36. The van der Waals surface area contributed by atoms with Gasteiger partial charge < -0.3 is 15.3 Å². The number of benzene rings is 2. The first-order valence-electron chi connectivity index (χ1n) is 7.36. The maximum Gasteiger partial charge on any atom is 0.323 e. The monoisotopic (exact) mass is 311 g/mol.